The lowest BCUT2D eigenvalue weighted by Crippen LogP contribution is -2.43. The fraction of sp³-hybridized carbons (Fsp3) is 0.867. The molecule has 19 heavy (non-hydrogen) atoms. The highest BCUT2D eigenvalue weighted by molar-refractivity contribution is 6.04. The smallest absolute Gasteiger partial charge is 0.319 e. The van der Waals surface area contributed by atoms with Crippen molar-refractivity contribution in [1.82, 2.24) is 0 Å². The fourth-order valence-electron chi connectivity index (χ4n) is 2.83. The first kappa shape index (κ1) is 16.2. The molecular formula is C15H26O4. The lowest BCUT2D eigenvalue weighted by atomic mass is 9.70. The summed E-state index contributed by atoms with van der Waals surface area (Å²) in [5.41, 5.74) is -0.868. The minimum atomic E-state index is -0.868. The Morgan fingerprint density at radius 2 is 2.00 bits per heavy atom. The van der Waals surface area contributed by atoms with Gasteiger partial charge in [0.1, 0.15) is 11.2 Å². The molecule has 1 aliphatic carbocycles. The molecule has 0 radical (unpaired) electrons. The molecule has 1 rings (SSSR count). The van der Waals surface area contributed by atoms with Gasteiger partial charge in [-0.25, -0.2) is 0 Å². The van der Waals surface area contributed by atoms with Crippen LogP contribution in [0.25, 0.3) is 0 Å². The van der Waals surface area contributed by atoms with Crippen LogP contribution in [0.15, 0.2) is 0 Å². The number of Topliss-reactive ketones (excluding diaryl/α,β-unsaturated/α-hetero) is 1. The number of carbonyl (C=O) groups is 2. The molecule has 0 spiro atoms. The summed E-state index contributed by atoms with van der Waals surface area (Å²) >= 11 is 0. The number of ether oxygens (including phenoxy) is 1. The van der Waals surface area contributed by atoms with Gasteiger partial charge in [0.05, 0.1) is 6.61 Å². The van der Waals surface area contributed by atoms with Gasteiger partial charge >= 0.3 is 5.97 Å². The number of aliphatic hydroxyl groups is 1. The van der Waals surface area contributed by atoms with Crippen LogP contribution in [0.4, 0.5) is 0 Å². The highest BCUT2D eigenvalue weighted by Gasteiger charge is 2.47. The van der Waals surface area contributed by atoms with Crippen LogP contribution < -0.4 is 0 Å². The van der Waals surface area contributed by atoms with E-state index in [0.717, 1.165) is 38.5 Å². The normalized spacial score (nSPS) is 23.4. The largest absolute Gasteiger partial charge is 0.465 e. The monoisotopic (exact) mass is 270 g/mol. The molecule has 0 aromatic rings. The van der Waals surface area contributed by atoms with Crippen molar-refractivity contribution in [2.45, 2.75) is 64.7 Å². The van der Waals surface area contributed by atoms with E-state index < -0.39 is 5.41 Å². The van der Waals surface area contributed by atoms with Gasteiger partial charge in [0, 0.05) is 13.0 Å². The van der Waals surface area contributed by atoms with Crippen LogP contribution in [-0.4, -0.2) is 30.1 Å². The molecule has 0 amide bonds. The van der Waals surface area contributed by atoms with Gasteiger partial charge in [-0.1, -0.05) is 25.7 Å². The van der Waals surface area contributed by atoms with Crippen molar-refractivity contribution in [3.05, 3.63) is 0 Å². The first-order valence-corrected chi connectivity index (χ1v) is 7.49. The number of carbonyl (C=O) groups excluding carboxylic acids is 2. The Labute approximate surface area is 115 Å². The predicted octanol–water partition coefficient (Wildman–Crippen LogP) is 2.62. The van der Waals surface area contributed by atoms with Gasteiger partial charge in [-0.05, 0) is 32.6 Å². The highest BCUT2D eigenvalue weighted by Crippen LogP contribution is 2.39. The second-order valence-corrected chi connectivity index (χ2v) is 5.32. The van der Waals surface area contributed by atoms with Gasteiger partial charge in [-0.2, -0.15) is 0 Å². The molecular weight excluding hydrogens is 244 g/mol. The number of esters is 1. The van der Waals surface area contributed by atoms with E-state index in [9.17, 15) is 9.59 Å². The third-order valence-corrected chi connectivity index (χ3v) is 3.97. The Morgan fingerprint density at radius 3 is 2.63 bits per heavy atom. The number of unbranched alkanes of at least 4 members (excludes halogenated alkanes) is 3. The van der Waals surface area contributed by atoms with Gasteiger partial charge in [0.15, 0.2) is 0 Å². The Balaban J connectivity index is 2.58. The molecule has 1 atom stereocenters. The standard InChI is InChI=1S/C15H26O4/c1-2-19-14(18)15(10-6-3-4-8-12-16)11-7-5-9-13(15)17/h16H,2-12H2,1H3. The summed E-state index contributed by atoms with van der Waals surface area (Å²) in [5, 5.41) is 8.74. The zero-order chi connectivity index (χ0) is 14.1. The van der Waals surface area contributed by atoms with Crippen molar-refractivity contribution < 1.29 is 19.4 Å². The van der Waals surface area contributed by atoms with Crippen molar-refractivity contribution in [1.29, 1.82) is 0 Å². The SMILES string of the molecule is CCOC(=O)C1(CCCCCCO)CCCCC1=O. The van der Waals surface area contributed by atoms with E-state index in [2.05, 4.69) is 0 Å². The Hall–Kier alpha value is -0.900. The van der Waals surface area contributed by atoms with Crippen molar-refractivity contribution in [2.24, 2.45) is 5.41 Å². The maximum Gasteiger partial charge on any atom is 0.319 e. The van der Waals surface area contributed by atoms with Gasteiger partial charge in [0.2, 0.25) is 0 Å². The highest BCUT2D eigenvalue weighted by atomic mass is 16.5. The molecule has 1 N–H and O–H groups in total. The van der Waals surface area contributed by atoms with E-state index in [1.807, 2.05) is 0 Å². The maximum absolute atomic E-state index is 12.2. The van der Waals surface area contributed by atoms with Gasteiger partial charge in [-0.15, -0.1) is 0 Å². The third-order valence-electron chi connectivity index (χ3n) is 3.97. The van der Waals surface area contributed by atoms with Crippen LogP contribution in [0.2, 0.25) is 0 Å². The van der Waals surface area contributed by atoms with E-state index in [1.165, 1.54) is 0 Å². The summed E-state index contributed by atoms with van der Waals surface area (Å²) in [6.45, 7) is 2.32. The maximum atomic E-state index is 12.2. The molecule has 1 saturated carbocycles. The van der Waals surface area contributed by atoms with Gasteiger partial charge in [-0.3, -0.25) is 9.59 Å². The molecule has 0 saturated heterocycles. The molecule has 1 fully saturated rings. The summed E-state index contributed by atoms with van der Waals surface area (Å²) in [6, 6.07) is 0. The number of hydrogen-bond acceptors (Lipinski definition) is 4. The lowest BCUT2D eigenvalue weighted by molar-refractivity contribution is -0.163. The molecule has 0 aromatic heterocycles. The van der Waals surface area contributed by atoms with Gasteiger partial charge in [0.25, 0.3) is 0 Å². The molecule has 0 aliphatic heterocycles. The summed E-state index contributed by atoms with van der Waals surface area (Å²) in [6.07, 6.45) is 7.13. The zero-order valence-corrected chi connectivity index (χ0v) is 12.0. The average Bonchev–Trinajstić information content (AvgIpc) is 2.41. The van der Waals surface area contributed by atoms with E-state index >= 15 is 0 Å². The van der Waals surface area contributed by atoms with Crippen LogP contribution in [0.1, 0.15) is 64.7 Å². The first-order valence-electron chi connectivity index (χ1n) is 7.49. The van der Waals surface area contributed by atoms with Crippen molar-refractivity contribution in [3.63, 3.8) is 0 Å². The van der Waals surface area contributed by atoms with E-state index in [1.54, 1.807) is 6.92 Å². The number of aliphatic hydroxyl groups excluding tert-OH is 1. The summed E-state index contributed by atoms with van der Waals surface area (Å²) in [5.74, 6) is -0.249. The van der Waals surface area contributed by atoms with Crippen LogP contribution in [0, 0.1) is 5.41 Å². The van der Waals surface area contributed by atoms with Gasteiger partial charge < -0.3 is 9.84 Å². The molecule has 4 heteroatoms. The lowest BCUT2D eigenvalue weighted by Gasteiger charge is -2.33. The summed E-state index contributed by atoms with van der Waals surface area (Å²) in [7, 11) is 0. The van der Waals surface area contributed by atoms with Crippen molar-refractivity contribution in [3.8, 4) is 0 Å². The second kappa shape index (κ2) is 8.31. The number of ketones is 1. The molecule has 1 aliphatic rings. The molecule has 1 unspecified atom stereocenters. The van der Waals surface area contributed by atoms with Crippen molar-refractivity contribution >= 4 is 11.8 Å². The van der Waals surface area contributed by atoms with E-state index in [0.29, 0.717) is 25.9 Å². The molecule has 110 valence electrons. The fourth-order valence-corrected chi connectivity index (χ4v) is 2.83. The minimum absolute atomic E-state index is 0.0689. The Morgan fingerprint density at radius 1 is 1.26 bits per heavy atom. The van der Waals surface area contributed by atoms with Crippen LogP contribution in [0.3, 0.4) is 0 Å². The van der Waals surface area contributed by atoms with E-state index in [4.69, 9.17) is 9.84 Å². The quantitative estimate of drug-likeness (QED) is 0.418. The minimum Gasteiger partial charge on any atom is -0.465 e. The third kappa shape index (κ3) is 4.30. The molecule has 4 nitrogen and oxygen atoms in total. The number of hydrogen-bond donors (Lipinski definition) is 1. The number of rotatable bonds is 8. The predicted molar refractivity (Wildman–Crippen MR) is 72.7 cm³/mol. The molecule has 0 bridgehead atoms. The van der Waals surface area contributed by atoms with Crippen molar-refractivity contribution in [2.75, 3.05) is 13.2 Å². The second-order valence-electron chi connectivity index (χ2n) is 5.32. The Kier molecular flexibility index (Phi) is 7.06. The summed E-state index contributed by atoms with van der Waals surface area (Å²) in [4.78, 5) is 24.4. The van der Waals surface area contributed by atoms with Crippen LogP contribution in [-0.2, 0) is 14.3 Å². The molecule has 0 aromatic carbocycles. The van der Waals surface area contributed by atoms with E-state index in [-0.39, 0.29) is 18.4 Å². The average molecular weight is 270 g/mol. The topological polar surface area (TPSA) is 63.6 Å². The molecule has 0 heterocycles. The summed E-state index contributed by atoms with van der Waals surface area (Å²) < 4.78 is 5.13. The van der Waals surface area contributed by atoms with Crippen LogP contribution >= 0.6 is 0 Å². The first-order chi connectivity index (χ1) is 9.17. The Bertz CT molecular complexity index is 301. The van der Waals surface area contributed by atoms with Crippen LogP contribution in [0.5, 0.6) is 0 Å². The zero-order valence-electron chi connectivity index (χ0n) is 12.0.